The molecule has 1 aliphatic heterocycles. The van der Waals surface area contributed by atoms with Crippen molar-refractivity contribution in [2.24, 2.45) is 0 Å². The first kappa shape index (κ1) is 14.6. The number of hydrogen-bond acceptors (Lipinski definition) is 2. The minimum atomic E-state index is 0.122. The van der Waals surface area contributed by atoms with E-state index >= 15 is 0 Å². The van der Waals surface area contributed by atoms with E-state index in [2.05, 4.69) is 36.1 Å². The molecule has 0 amide bonds. The molecule has 2 aromatic rings. The summed E-state index contributed by atoms with van der Waals surface area (Å²) in [6.45, 7) is 2.81. The smallest absolute Gasteiger partial charge is 0.139 e. The second kappa shape index (κ2) is 5.78. The maximum Gasteiger partial charge on any atom is 0.139 e. The van der Waals surface area contributed by atoms with Gasteiger partial charge in [-0.15, -0.1) is 0 Å². The number of benzene rings is 2. The van der Waals surface area contributed by atoms with E-state index in [0.717, 1.165) is 18.4 Å². The first-order chi connectivity index (χ1) is 10.1. The molecular formula is C17H17Cl2NO. The van der Waals surface area contributed by atoms with Crippen LogP contribution in [0.1, 0.15) is 24.5 Å². The third-order valence-corrected chi connectivity index (χ3v) is 4.62. The maximum absolute atomic E-state index is 10.2. The van der Waals surface area contributed by atoms with Gasteiger partial charge in [0.25, 0.3) is 0 Å². The van der Waals surface area contributed by atoms with E-state index in [4.69, 9.17) is 23.2 Å². The molecule has 4 heteroatoms. The van der Waals surface area contributed by atoms with Crippen LogP contribution < -0.4 is 4.90 Å². The summed E-state index contributed by atoms with van der Waals surface area (Å²) in [6.07, 6.45) is 2.20. The summed E-state index contributed by atoms with van der Waals surface area (Å²) >= 11 is 12.1. The molecule has 0 bridgehead atoms. The van der Waals surface area contributed by atoms with Gasteiger partial charge < -0.3 is 10.0 Å². The fraction of sp³-hybridized carbons (Fsp3) is 0.294. The van der Waals surface area contributed by atoms with Crippen molar-refractivity contribution in [3.05, 3.63) is 57.6 Å². The molecule has 3 rings (SSSR count). The predicted molar refractivity (Wildman–Crippen MR) is 88.5 cm³/mol. The zero-order valence-electron chi connectivity index (χ0n) is 11.8. The van der Waals surface area contributed by atoms with Gasteiger partial charge in [-0.25, -0.2) is 0 Å². The molecule has 0 saturated carbocycles. The molecule has 1 N–H and O–H groups in total. The maximum atomic E-state index is 10.2. The van der Waals surface area contributed by atoms with E-state index in [9.17, 15) is 5.11 Å². The van der Waals surface area contributed by atoms with Crippen molar-refractivity contribution in [3.8, 4) is 5.75 Å². The molecule has 21 heavy (non-hydrogen) atoms. The number of phenols is 1. The Labute approximate surface area is 134 Å². The number of fused-ring (bicyclic) bond motifs is 1. The number of aryl methyl sites for hydroxylation is 1. The second-order valence-corrected chi connectivity index (χ2v) is 6.38. The van der Waals surface area contributed by atoms with Crippen molar-refractivity contribution in [1.82, 2.24) is 0 Å². The number of halogens is 2. The van der Waals surface area contributed by atoms with Gasteiger partial charge in [-0.05, 0) is 43.5 Å². The Balaban J connectivity index is 1.98. The van der Waals surface area contributed by atoms with Crippen LogP contribution in [0.5, 0.6) is 5.75 Å². The highest BCUT2D eigenvalue weighted by Gasteiger charge is 2.24. The Bertz CT molecular complexity index is 672. The molecule has 1 atom stereocenters. The number of rotatable bonds is 2. The molecule has 0 saturated heterocycles. The number of hydrogen-bond donors (Lipinski definition) is 1. The molecule has 0 spiro atoms. The summed E-state index contributed by atoms with van der Waals surface area (Å²) in [4.78, 5) is 2.31. The second-order valence-electron chi connectivity index (χ2n) is 5.54. The summed E-state index contributed by atoms with van der Waals surface area (Å²) in [7, 11) is 0. The van der Waals surface area contributed by atoms with Gasteiger partial charge in [0.15, 0.2) is 0 Å². The predicted octanol–water partition coefficient (Wildman–Crippen LogP) is 5.04. The van der Waals surface area contributed by atoms with Gasteiger partial charge in [-0.3, -0.25) is 0 Å². The standard InChI is InChI=1S/C17H17Cl2NO/c1-11-6-7-12-4-2-3-5-16(12)20(11)10-13-8-14(18)9-15(19)17(13)21/h2-5,8-9,11,21H,6-7,10H2,1H3. The van der Waals surface area contributed by atoms with Crippen molar-refractivity contribution in [2.45, 2.75) is 32.4 Å². The minimum Gasteiger partial charge on any atom is -0.506 e. The zero-order chi connectivity index (χ0) is 15.0. The summed E-state index contributed by atoms with van der Waals surface area (Å²) in [5.41, 5.74) is 3.34. The minimum absolute atomic E-state index is 0.122. The Morgan fingerprint density at radius 2 is 2.00 bits per heavy atom. The van der Waals surface area contributed by atoms with Crippen LogP contribution in [0.3, 0.4) is 0 Å². The van der Waals surface area contributed by atoms with Gasteiger partial charge in [-0.1, -0.05) is 41.4 Å². The van der Waals surface area contributed by atoms with Crippen molar-refractivity contribution < 1.29 is 5.11 Å². The molecular weight excluding hydrogens is 305 g/mol. The molecule has 110 valence electrons. The average Bonchev–Trinajstić information content (AvgIpc) is 2.47. The van der Waals surface area contributed by atoms with Crippen LogP contribution in [0.25, 0.3) is 0 Å². The fourth-order valence-electron chi connectivity index (χ4n) is 2.92. The van der Waals surface area contributed by atoms with E-state index in [1.165, 1.54) is 11.3 Å². The Morgan fingerprint density at radius 3 is 2.81 bits per heavy atom. The summed E-state index contributed by atoms with van der Waals surface area (Å²) in [6, 6.07) is 12.2. The number of nitrogens with zero attached hydrogens (tertiary/aromatic N) is 1. The number of aromatic hydroxyl groups is 1. The molecule has 0 aromatic heterocycles. The van der Waals surface area contributed by atoms with Gasteiger partial charge in [0.2, 0.25) is 0 Å². The highest BCUT2D eigenvalue weighted by molar-refractivity contribution is 6.35. The lowest BCUT2D eigenvalue weighted by Crippen LogP contribution is -2.36. The highest BCUT2D eigenvalue weighted by Crippen LogP contribution is 2.36. The van der Waals surface area contributed by atoms with Crippen LogP contribution in [0.2, 0.25) is 10.0 Å². The molecule has 2 nitrogen and oxygen atoms in total. The molecule has 2 aromatic carbocycles. The molecule has 1 unspecified atom stereocenters. The summed E-state index contributed by atoms with van der Waals surface area (Å²) < 4.78 is 0. The van der Waals surface area contributed by atoms with Gasteiger partial charge in [-0.2, -0.15) is 0 Å². The van der Waals surface area contributed by atoms with Crippen LogP contribution in [0.15, 0.2) is 36.4 Å². The Hall–Kier alpha value is -1.38. The van der Waals surface area contributed by atoms with Crippen LogP contribution in [-0.4, -0.2) is 11.1 Å². The molecule has 1 heterocycles. The molecule has 1 aliphatic rings. The lowest BCUT2D eigenvalue weighted by Gasteiger charge is -2.37. The van der Waals surface area contributed by atoms with Crippen LogP contribution in [0.4, 0.5) is 5.69 Å². The number of para-hydroxylation sites is 1. The first-order valence-electron chi connectivity index (χ1n) is 7.07. The van der Waals surface area contributed by atoms with E-state index < -0.39 is 0 Å². The normalized spacial score (nSPS) is 17.7. The SMILES string of the molecule is CC1CCc2ccccc2N1Cc1cc(Cl)cc(Cl)c1O. The van der Waals surface area contributed by atoms with Crippen LogP contribution in [-0.2, 0) is 13.0 Å². The van der Waals surface area contributed by atoms with Crippen LogP contribution >= 0.6 is 23.2 Å². The molecule has 0 aliphatic carbocycles. The summed E-state index contributed by atoms with van der Waals surface area (Å²) in [5, 5.41) is 11.0. The lowest BCUT2D eigenvalue weighted by molar-refractivity contribution is 0.463. The highest BCUT2D eigenvalue weighted by atomic mass is 35.5. The zero-order valence-corrected chi connectivity index (χ0v) is 13.3. The average molecular weight is 322 g/mol. The largest absolute Gasteiger partial charge is 0.506 e. The fourth-order valence-corrected chi connectivity index (χ4v) is 3.46. The third kappa shape index (κ3) is 2.83. The van der Waals surface area contributed by atoms with E-state index in [1.807, 2.05) is 0 Å². The van der Waals surface area contributed by atoms with Crippen molar-refractivity contribution in [1.29, 1.82) is 0 Å². The molecule has 0 radical (unpaired) electrons. The Kier molecular flexibility index (Phi) is 4.01. The van der Waals surface area contributed by atoms with Gasteiger partial charge in [0.1, 0.15) is 5.75 Å². The molecule has 0 fully saturated rings. The third-order valence-electron chi connectivity index (χ3n) is 4.11. The van der Waals surface area contributed by atoms with Crippen LogP contribution in [0, 0.1) is 0 Å². The van der Waals surface area contributed by atoms with Crippen molar-refractivity contribution in [2.75, 3.05) is 4.90 Å². The monoisotopic (exact) mass is 321 g/mol. The Morgan fingerprint density at radius 1 is 1.24 bits per heavy atom. The topological polar surface area (TPSA) is 23.5 Å². The van der Waals surface area contributed by atoms with Gasteiger partial charge >= 0.3 is 0 Å². The lowest BCUT2D eigenvalue weighted by atomic mass is 9.96. The van der Waals surface area contributed by atoms with Gasteiger partial charge in [0.05, 0.1) is 5.02 Å². The van der Waals surface area contributed by atoms with Gasteiger partial charge in [0, 0.05) is 28.9 Å². The quantitative estimate of drug-likeness (QED) is 0.837. The van der Waals surface area contributed by atoms with E-state index in [1.54, 1.807) is 12.1 Å². The number of anilines is 1. The first-order valence-corrected chi connectivity index (χ1v) is 7.83. The van der Waals surface area contributed by atoms with Crippen molar-refractivity contribution in [3.63, 3.8) is 0 Å². The van der Waals surface area contributed by atoms with E-state index in [0.29, 0.717) is 22.6 Å². The number of phenolic OH excluding ortho intramolecular Hbond substituents is 1. The van der Waals surface area contributed by atoms with E-state index in [-0.39, 0.29) is 5.75 Å². The summed E-state index contributed by atoms with van der Waals surface area (Å²) in [5.74, 6) is 0.122. The van der Waals surface area contributed by atoms with Crippen molar-refractivity contribution >= 4 is 28.9 Å².